The SMILES string of the molecule is CCC(C)C(NC(=O)C1CCCN1C(=O)C(C)NC(=O)C(CCC(N)=O)NC(=O)C(N)Cc1cnc[nH]1)C(=O)O. The van der Waals surface area contributed by atoms with Gasteiger partial charge in [-0.3, -0.25) is 24.0 Å². The molecule has 15 heteroatoms. The number of nitrogens with zero attached hydrogens (tertiary/aromatic N) is 2. The van der Waals surface area contributed by atoms with Crippen LogP contribution in [0.5, 0.6) is 0 Å². The van der Waals surface area contributed by atoms with Crippen LogP contribution in [0.15, 0.2) is 12.5 Å². The molecule has 1 aromatic rings. The predicted molar refractivity (Wildman–Crippen MR) is 142 cm³/mol. The predicted octanol–water partition coefficient (Wildman–Crippen LogP) is -1.86. The van der Waals surface area contributed by atoms with Crippen LogP contribution in [0.3, 0.4) is 0 Å². The highest BCUT2D eigenvalue weighted by atomic mass is 16.4. The molecule has 5 amide bonds. The molecule has 40 heavy (non-hydrogen) atoms. The molecule has 9 N–H and O–H groups in total. The zero-order valence-electron chi connectivity index (χ0n) is 23.0. The van der Waals surface area contributed by atoms with Gasteiger partial charge in [0.25, 0.3) is 0 Å². The summed E-state index contributed by atoms with van der Waals surface area (Å²) in [4.78, 5) is 82.9. The van der Waals surface area contributed by atoms with Gasteiger partial charge in [0.15, 0.2) is 0 Å². The molecular weight excluding hydrogens is 524 g/mol. The number of carbonyl (C=O) groups excluding carboxylic acids is 5. The van der Waals surface area contributed by atoms with E-state index >= 15 is 0 Å². The fraction of sp³-hybridized carbons (Fsp3) is 0.640. The van der Waals surface area contributed by atoms with Gasteiger partial charge in [-0.2, -0.15) is 0 Å². The van der Waals surface area contributed by atoms with Gasteiger partial charge in [-0.25, -0.2) is 9.78 Å². The van der Waals surface area contributed by atoms with E-state index in [0.717, 1.165) is 0 Å². The minimum Gasteiger partial charge on any atom is -0.480 e. The van der Waals surface area contributed by atoms with Crippen molar-refractivity contribution in [3.63, 3.8) is 0 Å². The minimum atomic E-state index is -1.20. The number of imidazole rings is 1. The summed E-state index contributed by atoms with van der Waals surface area (Å²) in [5.41, 5.74) is 11.8. The van der Waals surface area contributed by atoms with Crippen molar-refractivity contribution in [2.75, 3.05) is 6.54 Å². The van der Waals surface area contributed by atoms with E-state index in [2.05, 4.69) is 25.9 Å². The molecule has 0 aliphatic carbocycles. The lowest BCUT2D eigenvalue weighted by Gasteiger charge is -2.29. The van der Waals surface area contributed by atoms with Crippen molar-refractivity contribution in [1.82, 2.24) is 30.8 Å². The summed E-state index contributed by atoms with van der Waals surface area (Å²) in [6.45, 7) is 5.22. The summed E-state index contributed by atoms with van der Waals surface area (Å²) in [5, 5.41) is 17.1. The first-order valence-electron chi connectivity index (χ1n) is 13.3. The second-order valence-electron chi connectivity index (χ2n) is 10.1. The molecule has 1 saturated heterocycles. The first kappa shape index (κ1) is 32.2. The van der Waals surface area contributed by atoms with E-state index in [-0.39, 0.29) is 31.7 Å². The average molecular weight is 565 g/mol. The molecule has 1 aliphatic heterocycles. The largest absolute Gasteiger partial charge is 0.480 e. The molecule has 15 nitrogen and oxygen atoms in total. The van der Waals surface area contributed by atoms with Gasteiger partial charge in [-0.15, -0.1) is 0 Å². The van der Waals surface area contributed by atoms with E-state index in [9.17, 15) is 33.9 Å². The third-order valence-corrected chi connectivity index (χ3v) is 6.99. The number of carbonyl (C=O) groups is 6. The molecule has 0 radical (unpaired) electrons. The molecule has 2 rings (SSSR count). The third kappa shape index (κ3) is 9.03. The molecular formula is C25H40N8O7. The number of likely N-dealkylation sites (tertiary alicyclic amines) is 1. The third-order valence-electron chi connectivity index (χ3n) is 6.99. The number of nitrogens with two attached hydrogens (primary N) is 2. The van der Waals surface area contributed by atoms with Gasteiger partial charge in [0.2, 0.25) is 29.5 Å². The first-order valence-corrected chi connectivity index (χ1v) is 13.3. The number of aromatic nitrogens is 2. The normalized spacial score (nSPS) is 18.6. The lowest BCUT2D eigenvalue weighted by molar-refractivity contribution is -0.146. The van der Waals surface area contributed by atoms with Crippen molar-refractivity contribution >= 4 is 35.5 Å². The van der Waals surface area contributed by atoms with Crippen molar-refractivity contribution in [3.05, 3.63) is 18.2 Å². The topological polar surface area (TPSA) is 243 Å². The summed E-state index contributed by atoms with van der Waals surface area (Å²) in [7, 11) is 0. The van der Waals surface area contributed by atoms with Crippen molar-refractivity contribution in [1.29, 1.82) is 0 Å². The minimum absolute atomic E-state index is 0.120. The highest BCUT2D eigenvalue weighted by molar-refractivity contribution is 5.95. The zero-order chi connectivity index (χ0) is 30.0. The Balaban J connectivity index is 2.05. The number of hydrogen-bond acceptors (Lipinski definition) is 8. The molecule has 0 bridgehead atoms. The number of hydrogen-bond donors (Lipinski definition) is 7. The van der Waals surface area contributed by atoms with E-state index < -0.39 is 65.7 Å². The van der Waals surface area contributed by atoms with Crippen molar-refractivity contribution < 1.29 is 33.9 Å². The summed E-state index contributed by atoms with van der Waals surface area (Å²) in [6.07, 6.45) is 4.16. The second kappa shape index (κ2) is 15.0. The van der Waals surface area contributed by atoms with Crippen molar-refractivity contribution in [2.45, 2.75) is 89.5 Å². The Hall–Kier alpha value is -4.01. The summed E-state index contributed by atoms with van der Waals surface area (Å²) < 4.78 is 0. The fourth-order valence-corrected chi connectivity index (χ4v) is 4.42. The van der Waals surface area contributed by atoms with Crippen LogP contribution in [0, 0.1) is 5.92 Å². The monoisotopic (exact) mass is 564 g/mol. The average Bonchev–Trinajstić information content (AvgIpc) is 3.60. The molecule has 0 spiro atoms. The number of carboxylic acid groups (broad SMARTS) is 1. The van der Waals surface area contributed by atoms with Crippen LogP contribution in [0.25, 0.3) is 0 Å². The van der Waals surface area contributed by atoms with Gasteiger partial charge in [-0.05, 0) is 32.1 Å². The van der Waals surface area contributed by atoms with Gasteiger partial charge < -0.3 is 42.4 Å². The van der Waals surface area contributed by atoms with Crippen LogP contribution in [-0.2, 0) is 35.2 Å². The summed E-state index contributed by atoms with van der Waals surface area (Å²) >= 11 is 0. The number of carboxylic acids is 1. The number of primary amides is 1. The van der Waals surface area contributed by atoms with Crippen LogP contribution in [0.1, 0.15) is 58.6 Å². The number of aliphatic carboxylic acids is 1. The second-order valence-corrected chi connectivity index (χ2v) is 10.1. The number of rotatable bonds is 15. The Morgan fingerprint density at radius 2 is 1.85 bits per heavy atom. The van der Waals surface area contributed by atoms with Gasteiger partial charge in [0, 0.05) is 31.3 Å². The molecule has 0 saturated carbocycles. The Bertz CT molecular complexity index is 1060. The lowest BCUT2D eigenvalue weighted by atomic mass is 9.98. The van der Waals surface area contributed by atoms with Crippen LogP contribution in [-0.4, -0.2) is 92.2 Å². The molecule has 1 fully saturated rings. The van der Waals surface area contributed by atoms with E-state index in [1.165, 1.54) is 24.3 Å². The number of H-pyrrole nitrogens is 1. The maximum Gasteiger partial charge on any atom is 0.326 e. The lowest BCUT2D eigenvalue weighted by Crippen LogP contribution is -2.58. The Kier molecular flexibility index (Phi) is 12.0. The standard InChI is InChI=1S/C25H40N8O7/c1-4-13(2)20(25(39)40)32-23(37)18-6-5-9-33(18)24(38)14(3)30-22(36)17(7-8-19(27)34)31-21(35)16(26)10-15-11-28-12-29-15/h11-14,16-18,20H,4-10,26H2,1-3H3,(H2,27,34)(H,28,29)(H,30,36)(H,31,35)(H,32,37)(H,39,40). The van der Waals surface area contributed by atoms with Crippen LogP contribution < -0.4 is 27.4 Å². The van der Waals surface area contributed by atoms with Crippen LogP contribution in [0.4, 0.5) is 0 Å². The molecule has 1 aliphatic rings. The molecule has 6 unspecified atom stereocenters. The highest BCUT2D eigenvalue weighted by Crippen LogP contribution is 2.20. The smallest absolute Gasteiger partial charge is 0.326 e. The summed E-state index contributed by atoms with van der Waals surface area (Å²) in [5.74, 6) is -4.65. The quantitative estimate of drug-likeness (QED) is 0.126. The van der Waals surface area contributed by atoms with Crippen molar-refractivity contribution in [2.24, 2.45) is 17.4 Å². The number of amides is 5. The van der Waals surface area contributed by atoms with Gasteiger partial charge >= 0.3 is 5.97 Å². The van der Waals surface area contributed by atoms with Gasteiger partial charge in [0.1, 0.15) is 24.2 Å². The number of aromatic amines is 1. The Morgan fingerprint density at radius 1 is 1.15 bits per heavy atom. The maximum atomic E-state index is 13.2. The molecule has 222 valence electrons. The van der Waals surface area contributed by atoms with Crippen LogP contribution >= 0.6 is 0 Å². The van der Waals surface area contributed by atoms with E-state index in [0.29, 0.717) is 25.0 Å². The van der Waals surface area contributed by atoms with Crippen LogP contribution in [0.2, 0.25) is 0 Å². The maximum absolute atomic E-state index is 13.2. The highest BCUT2D eigenvalue weighted by Gasteiger charge is 2.39. The summed E-state index contributed by atoms with van der Waals surface area (Å²) in [6, 6.07) is -5.28. The molecule has 1 aromatic heterocycles. The molecule has 0 aromatic carbocycles. The van der Waals surface area contributed by atoms with E-state index in [1.54, 1.807) is 6.92 Å². The molecule has 2 heterocycles. The van der Waals surface area contributed by atoms with Gasteiger partial charge in [0.05, 0.1) is 12.4 Å². The zero-order valence-corrected chi connectivity index (χ0v) is 23.0. The van der Waals surface area contributed by atoms with Crippen molar-refractivity contribution in [3.8, 4) is 0 Å². The van der Waals surface area contributed by atoms with E-state index in [4.69, 9.17) is 11.5 Å². The first-order chi connectivity index (χ1) is 18.8. The van der Waals surface area contributed by atoms with E-state index in [1.807, 2.05) is 6.92 Å². The Labute approximate surface area is 232 Å². The molecule has 6 atom stereocenters. The number of nitrogens with one attached hydrogen (secondary N) is 4. The van der Waals surface area contributed by atoms with Gasteiger partial charge in [-0.1, -0.05) is 20.3 Å². The fourth-order valence-electron chi connectivity index (χ4n) is 4.42. The Morgan fingerprint density at radius 3 is 2.42 bits per heavy atom.